The minimum Gasteiger partial charge on any atom is -0.484 e. The van der Waals surface area contributed by atoms with Crippen LogP contribution < -0.4 is 14.8 Å². The number of rotatable bonds is 7. The zero-order chi connectivity index (χ0) is 23.4. The lowest BCUT2D eigenvalue weighted by Crippen LogP contribution is -2.20. The van der Waals surface area contributed by atoms with Gasteiger partial charge in [0, 0.05) is 17.4 Å². The number of carbonyl (C=O) groups is 1. The van der Waals surface area contributed by atoms with Crippen molar-refractivity contribution in [3.05, 3.63) is 84.3 Å². The summed E-state index contributed by atoms with van der Waals surface area (Å²) >= 11 is 0. The number of amides is 1. The minimum atomic E-state index is -3.83. The Hall–Kier alpha value is -3.98. The number of benzene rings is 3. The Kier molecular flexibility index (Phi) is 6.23. The topological polar surface area (TPSA) is 110 Å². The second-order valence-corrected chi connectivity index (χ2v) is 9.10. The van der Waals surface area contributed by atoms with Crippen molar-refractivity contribution in [3.63, 3.8) is 0 Å². The van der Waals surface area contributed by atoms with Gasteiger partial charge in [0.05, 0.1) is 4.90 Å². The molecule has 33 heavy (non-hydrogen) atoms. The van der Waals surface area contributed by atoms with E-state index in [4.69, 9.17) is 4.74 Å². The molecule has 0 fully saturated rings. The van der Waals surface area contributed by atoms with Crippen molar-refractivity contribution in [2.45, 2.75) is 18.7 Å². The number of nitrogens with one attached hydrogen (secondary N) is 2. The van der Waals surface area contributed by atoms with E-state index in [1.54, 1.807) is 19.9 Å². The lowest BCUT2D eigenvalue weighted by Gasteiger charge is -2.10. The van der Waals surface area contributed by atoms with E-state index in [-0.39, 0.29) is 23.2 Å². The van der Waals surface area contributed by atoms with Crippen molar-refractivity contribution in [1.29, 1.82) is 0 Å². The fraction of sp³-hybridized carbons (Fsp3) is 0.125. The van der Waals surface area contributed by atoms with Crippen LogP contribution in [0, 0.1) is 13.8 Å². The van der Waals surface area contributed by atoms with Gasteiger partial charge < -0.3 is 10.1 Å². The molecule has 4 aromatic rings. The fourth-order valence-electron chi connectivity index (χ4n) is 3.29. The van der Waals surface area contributed by atoms with Crippen LogP contribution in [0.2, 0.25) is 0 Å². The molecular formula is C24H22N4O4S. The Labute approximate surface area is 191 Å². The molecule has 0 saturated heterocycles. The van der Waals surface area contributed by atoms with Crippen molar-refractivity contribution in [1.82, 2.24) is 9.97 Å². The van der Waals surface area contributed by atoms with E-state index < -0.39 is 10.0 Å². The molecule has 9 heteroatoms. The summed E-state index contributed by atoms with van der Waals surface area (Å²) in [5.41, 5.74) is 1.11. The van der Waals surface area contributed by atoms with E-state index >= 15 is 0 Å². The highest BCUT2D eigenvalue weighted by molar-refractivity contribution is 7.92. The molecule has 1 aromatic heterocycles. The first-order valence-corrected chi connectivity index (χ1v) is 11.6. The molecule has 0 aliphatic heterocycles. The first kappa shape index (κ1) is 22.2. The molecular weight excluding hydrogens is 440 g/mol. The van der Waals surface area contributed by atoms with Crippen molar-refractivity contribution in [3.8, 4) is 5.75 Å². The second kappa shape index (κ2) is 9.25. The molecule has 1 amide bonds. The van der Waals surface area contributed by atoms with Gasteiger partial charge in [-0.05, 0) is 61.0 Å². The predicted molar refractivity (Wildman–Crippen MR) is 127 cm³/mol. The van der Waals surface area contributed by atoms with E-state index in [0.717, 1.165) is 10.8 Å². The average molecular weight is 463 g/mol. The third-order valence-electron chi connectivity index (χ3n) is 4.74. The maximum atomic E-state index is 12.6. The van der Waals surface area contributed by atoms with Gasteiger partial charge in [-0.1, -0.05) is 30.3 Å². The molecule has 0 atom stereocenters. The summed E-state index contributed by atoms with van der Waals surface area (Å²) in [6.07, 6.45) is 0. The Bertz CT molecular complexity index is 1400. The van der Waals surface area contributed by atoms with Crippen molar-refractivity contribution in [2.24, 2.45) is 0 Å². The smallest absolute Gasteiger partial charge is 0.263 e. The van der Waals surface area contributed by atoms with Crippen molar-refractivity contribution >= 4 is 38.2 Å². The molecule has 0 aliphatic rings. The molecule has 1 heterocycles. The molecule has 2 N–H and O–H groups in total. The van der Waals surface area contributed by atoms with E-state index in [1.165, 1.54) is 24.3 Å². The molecule has 0 radical (unpaired) electrons. The molecule has 168 valence electrons. The van der Waals surface area contributed by atoms with Crippen LogP contribution in [0.5, 0.6) is 5.75 Å². The summed E-state index contributed by atoms with van der Waals surface area (Å²) in [7, 11) is -3.83. The van der Waals surface area contributed by atoms with E-state index in [2.05, 4.69) is 20.0 Å². The third-order valence-corrected chi connectivity index (χ3v) is 6.11. The maximum absolute atomic E-state index is 12.6. The van der Waals surface area contributed by atoms with E-state index in [0.29, 0.717) is 23.0 Å². The lowest BCUT2D eigenvalue weighted by atomic mass is 10.1. The van der Waals surface area contributed by atoms with Gasteiger partial charge in [0.25, 0.3) is 15.9 Å². The van der Waals surface area contributed by atoms with Crippen LogP contribution in [-0.4, -0.2) is 30.9 Å². The maximum Gasteiger partial charge on any atom is 0.263 e. The SMILES string of the molecule is Cc1cc(NS(=O)(=O)c2ccc(NC(=O)COc3ccc4ccccc4c3)cc2)nc(C)n1. The highest BCUT2D eigenvalue weighted by Crippen LogP contribution is 2.21. The summed E-state index contributed by atoms with van der Waals surface area (Å²) in [5, 5.41) is 4.80. The molecule has 0 spiro atoms. The number of hydrogen-bond donors (Lipinski definition) is 2. The molecule has 0 unspecified atom stereocenters. The van der Waals surface area contributed by atoms with Crippen LogP contribution in [0.25, 0.3) is 10.8 Å². The largest absolute Gasteiger partial charge is 0.484 e. The zero-order valence-corrected chi connectivity index (χ0v) is 18.9. The molecule has 0 aliphatic carbocycles. The number of sulfonamides is 1. The number of hydrogen-bond acceptors (Lipinski definition) is 6. The summed E-state index contributed by atoms with van der Waals surface area (Å²) in [6, 6.07) is 20.9. The summed E-state index contributed by atoms with van der Waals surface area (Å²) in [6.45, 7) is 3.27. The van der Waals surface area contributed by atoms with Gasteiger partial charge in [-0.3, -0.25) is 9.52 Å². The van der Waals surface area contributed by atoms with Gasteiger partial charge in [-0.25, -0.2) is 18.4 Å². The number of anilines is 2. The Morgan fingerprint density at radius 2 is 1.64 bits per heavy atom. The monoisotopic (exact) mass is 462 g/mol. The van der Waals surface area contributed by atoms with Crippen LogP contribution in [0.15, 0.2) is 77.7 Å². The number of fused-ring (bicyclic) bond motifs is 1. The van der Waals surface area contributed by atoms with Gasteiger partial charge >= 0.3 is 0 Å². The standard InChI is InChI=1S/C24H22N4O4S/c1-16-13-23(26-17(2)25-16)28-33(30,31)22-11-8-20(9-12-22)27-24(29)15-32-21-10-7-18-5-3-4-6-19(18)14-21/h3-14H,15H2,1-2H3,(H,27,29)(H,25,26,28). The molecule has 0 bridgehead atoms. The van der Waals surface area contributed by atoms with Crippen LogP contribution >= 0.6 is 0 Å². The number of aryl methyl sites for hydroxylation is 2. The molecule has 8 nitrogen and oxygen atoms in total. The minimum absolute atomic E-state index is 0.0434. The van der Waals surface area contributed by atoms with Gasteiger partial charge in [-0.15, -0.1) is 0 Å². The Balaban J connectivity index is 1.36. The highest BCUT2D eigenvalue weighted by atomic mass is 32.2. The second-order valence-electron chi connectivity index (χ2n) is 7.42. The summed E-state index contributed by atoms with van der Waals surface area (Å²) in [5.74, 6) is 0.898. The molecule has 0 saturated carbocycles. The normalized spacial score (nSPS) is 11.2. The fourth-order valence-corrected chi connectivity index (χ4v) is 4.28. The van der Waals surface area contributed by atoms with Crippen LogP contribution in [0.1, 0.15) is 11.5 Å². The number of aromatic nitrogens is 2. The van der Waals surface area contributed by atoms with Crippen LogP contribution in [0.4, 0.5) is 11.5 Å². The summed E-state index contributed by atoms with van der Waals surface area (Å²) in [4.78, 5) is 20.5. The van der Waals surface area contributed by atoms with Crippen molar-refractivity contribution in [2.75, 3.05) is 16.6 Å². The van der Waals surface area contributed by atoms with Gasteiger partial charge in [0.15, 0.2) is 6.61 Å². The average Bonchev–Trinajstić information content (AvgIpc) is 2.77. The predicted octanol–water partition coefficient (Wildman–Crippen LogP) is 4.06. The first-order valence-electron chi connectivity index (χ1n) is 10.2. The molecule has 3 aromatic carbocycles. The van der Waals surface area contributed by atoms with Crippen molar-refractivity contribution < 1.29 is 17.9 Å². The Morgan fingerprint density at radius 3 is 2.36 bits per heavy atom. The van der Waals surface area contributed by atoms with Crippen LogP contribution in [-0.2, 0) is 14.8 Å². The number of nitrogens with zero attached hydrogens (tertiary/aromatic N) is 2. The zero-order valence-electron chi connectivity index (χ0n) is 18.1. The van der Waals surface area contributed by atoms with E-state index in [1.807, 2.05) is 42.5 Å². The highest BCUT2D eigenvalue weighted by Gasteiger charge is 2.16. The lowest BCUT2D eigenvalue weighted by molar-refractivity contribution is -0.118. The van der Waals surface area contributed by atoms with E-state index in [9.17, 15) is 13.2 Å². The van der Waals surface area contributed by atoms with Crippen LogP contribution in [0.3, 0.4) is 0 Å². The molecule has 4 rings (SSSR count). The first-order chi connectivity index (χ1) is 15.8. The quantitative estimate of drug-likeness (QED) is 0.428. The van der Waals surface area contributed by atoms with Gasteiger partial charge in [-0.2, -0.15) is 0 Å². The summed E-state index contributed by atoms with van der Waals surface area (Å²) < 4.78 is 33.3. The number of ether oxygens (including phenoxy) is 1. The van der Waals surface area contributed by atoms with Gasteiger partial charge in [0.1, 0.15) is 17.4 Å². The van der Waals surface area contributed by atoms with Gasteiger partial charge in [0.2, 0.25) is 0 Å². The third kappa shape index (κ3) is 5.64. The number of carbonyl (C=O) groups excluding carboxylic acids is 1. The Morgan fingerprint density at radius 1 is 0.909 bits per heavy atom.